The van der Waals surface area contributed by atoms with Gasteiger partial charge in [-0.25, -0.2) is 4.98 Å². The molecule has 0 unspecified atom stereocenters. The quantitative estimate of drug-likeness (QED) is 0.528. The highest BCUT2D eigenvalue weighted by Crippen LogP contribution is 2.32. The van der Waals surface area contributed by atoms with Crippen molar-refractivity contribution in [2.24, 2.45) is 0 Å². The number of hydrogen-bond acceptors (Lipinski definition) is 5. The number of likely N-dealkylation sites (N-methyl/N-ethyl adjacent to an activating group) is 2. The molecule has 7 nitrogen and oxygen atoms in total. The van der Waals surface area contributed by atoms with Gasteiger partial charge in [-0.15, -0.1) is 0 Å². The standard InChI is InChI=1S/C21H28N4O3S/c1-3-22-18(26)13-24(4-2)19(27)14-29-21-23-17-12-8-7-11-16(17)20(28)25(21)15-9-5-6-10-15/h7-8,11-12,15H,3-6,9-10,13-14H2,1-2H3,(H,22,26). The molecule has 1 aliphatic carbocycles. The smallest absolute Gasteiger partial charge is 0.262 e. The molecule has 1 aliphatic rings. The second-order valence-electron chi connectivity index (χ2n) is 7.18. The summed E-state index contributed by atoms with van der Waals surface area (Å²) in [6.45, 7) is 4.74. The Morgan fingerprint density at radius 1 is 1.24 bits per heavy atom. The number of aromatic nitrogens is 2. The lowest BCUT2D eigenvalue weighted by atomic mass is 10.2. The minimum Gasteiger partial charge on any atom is -0.355 e. The topological polar surface area (TPSA) is 84.3 Å². The van der Waals surface area contributed by atoms with Crippen LogP contribution >= 0.6 is 11.8 Å². The van der Waals surface area contributed by atoms with Crippen LogP contribution in [0.2, 0.25) is 0 Å². The molecular weight excluding hydrogens is 388 g/mol. The van der Waals surface area contributed by atoms with Crippen LogP contribution in [0.15, 0.2) is 34.2 Å². The predicted octanol–water partition coefficient (Wildman–Crippen LogP) is 2.59. The molecule has 1 aromatic carbocycles. The second-order valence-corrected chi connectivity index (χ2v) is 8.12. The Morgan fingerprint density at radius 3 is 2.66 bits per heavy atom. The van der Waals surface area contributed by atoms with Crippen molar-refractivity contribution >= 4 is 34.5 Å². The van der Waals surface area contributed by atoms with E-state index >= 15 is 0 Å². The molecule has 0 bridgehead atoms. The Hall–Kier alpha value is -2.35. The van der Waals surface area contributed by atoms with Crippen LogP contribution < -0.4 is 10.9 Å². The molecule has 1 saturated carbocycles. The number of rotatable bonds is 8. The van der Waals surface area contributed by atoms with Gasteiger partial charge in [0.15, 0.2) is 5.16 Å². The molecule has 8 heteroatoms. The van der Waals surface area contributed by atoms with Crippen LogP contribution in [0.3, 0.4) is 0 Å². The monoisotopic (exact) mass is 416 g/mol. The number of benzene rings is 1. The molecule has 2 aromatic rings. The van der Waals surface area contributed by atoms with Gasteiger partial charge in [-0.2, -0.15) is 0 Å². The van der Waals surface area contributed by atoms with E-state index in [9.17, 15) is 14.4 Å². The summed E-state index contributed by atoms with van der Waals surface area (Å²) in [7, 11) is 0. The average molecular weight is 417 g/mol. The fourth-order valence-electron chi connectivity index (χ4n) is 3.73. The Morgan fingerprint density at radius 2 is 1.97 bits per heavy atom. The van der Waals surface area contributed by atoms with E-state index in [1.54, 1.807) is 10.6 Å². The number of hydrogen-bond donors (Lipinski definition) is 1. The summed E-state index contributed by atoms with van der Waals surface area (Å²) in [6.07, 6.45) is 4.12. The van der Waals surface area contributed by atoms with E-state index in [0.29, 0.717) is 29.1 Å². The molecule has 0 aliphatic heterocycles. The number of carbonyl (C=O) groups is 2. The van der Waals surface area contributed by atoms with Crippen molar-refractivity contribution in [3.8, 4) is 0 Å². The lowest BCUT2D eigenvalue weighted by Crippen LogP contribution is -2.41. The maximum absolute atomic E-state index is 13.1. The number of carbonyl (C=O) groups excluding carboxylic acids is 2. The molecule has 1 N–H and O–H groups in total. The third-order valence-corrected chi connectivity index (χ3v) is 6.17. The van der Waals surface area contributed by atoms with Crippen molar-refractivity contribution in [2.75, 3.05) is 25.4 Å². The number of thioether (sulfide) groups is 1. The van der Waals surface area contributed by atoms with E-state index in [4.69, 9.17) is 4.98 Å². The Labute approximate surface area is 174 Å². The third-order valence-electron chi connectivity index (χ3n) is 5.23. The van der Waals surface area contributed by atoms with Gasteiger partial charge >= 0.3 is 0 Å². The third kappa shape index (κ3) is 4.98. The van der Waals surface area contributed by atoms with Crippen molar-refractivity contribution in [3.63, 3.8) is 0 Å². The first-order chi connectivity index (χ1) is 14.0. The minimum absolute atomic E-state index is 0.0351. The van der Waals surface area contributed by atoms with Gasteiger partial charge in [-0.1, -0.05) is 36.7 Å². The van der Waals surface area contributed by atoms with Gasteiger partial charge in [-0.05, 0) is 38.8 Å². The molecule has 2 amide bonds. The molecular formula is C21H28N4O3S. The highest BCUT2D eigenvalue weighted by Gasteiger charge is 2.24. The maximum atomic E-state index is 13.1. The summed E-state index contributed by atoms with van der Waals surface area (Å²) in [6, 6.07) is 7.48. The normalized spacial score (nSPS) is 14.3. The van der Waals surface area contributed by atoms with E-state index in [0.717, 1.165) is 25.7 Å². The Bertz CT molecular complexity index is 937. The highest BCUT2D eigenvalue weighted by molar-refractivity contribution is 7.99. The summed E-state index contributed by atoms with van der Waals surface area (Å²) in [5.41, 5.74) is 0.614. The first-order valence-electron chi connectivity index (χ1n) is 10.2. The van der Waals surface area contributed by atoms with E-state index in [1.807, 2.05) is 32.0 Å². The van der Waals surface area contributed by atoms with Gasteiger partial charge in [0.25, 0.3) is 5.56 Å². The largest absolute Gasteiger partial charge is 0.355 e. The minimum atomic E-state index is -0.167. The molecule has 1 fully saturated rings. The fraction of sp³-hybridized carbons (Fsp3) is 0.524. The summed E-state index contributed by atoms with van der Waals surface area (Å²) in [5.74, 6) is -0.159. The van der Waals surface area contributed by atoms with E-state index in [2.05, 4.69) is 5.32 Å². The number of nitrogens with one attached hydrogen (secondary N) is 1. The van der Waals surface area contributed by atoms with E-state index in [-0.39, 0.29) is 35.7 Å². The maximum Gasteiger partial charge on any atom is 0.262 e. The lowest BCUT2D eigenvalue weighted by Gasteiger charge is -2.21. The van der Waals surface area contributed by atoms with E-state index in [1.165, 1.54) is 16.7 Å². The highest BCUT2D eigenvalue weighted by atomic mass is 32.2. The molecule has 1 heterocycles. The van der Waals surface area contributed by atoms with Gasteiger partial charge in [0.05, 0.1) is 23.2 Å². The van der Waals surface area contributed by atoms with Crippen molar-refractivity contribution in [1.82, 2.24) is 19.8 Å². The predicted molar refractivity (Wildman–Crippen MR) is 115 cm³/mol. The molecule has 156 valence electrons. The van der Waals surface area contributed by atoms with Crippen molar-refractivity contribution in [1.29, 1.82) is 0 Å². The number of para-hydroxylation sites is 1. The Balaban J connectivity index is 1.83. The molecule has 0 saturated heterocycles. The molecule has 0 spiro atoms. The fourth-order valence-corrected chi connectivity index (χ4v) is 4.70. The average Bonchev–Trinajstić information content (AvgIpc) is 3.24. The molecule has 1 aromatic heterocycles. The summed E-state index contributed by atoms with van der Waals surface area (Å²) >= 11 is 1.28. The van der Waals surface area contributed by atoms with E-state index < -0.39 is 0 Å². The van der Waals surface area contributed by atoms with Gasteiger partial charge < -0.3 is 10.2 Å². The zero-order valence-corrected chi connectivity index (χ0v) is 17.8. The molecule has 0 atom stereocenters. The first kappa shape index (κ1) is 21.4. The van der Waals surface area contributed by atoms with Crippen LogP contribution in [-0.4, -0.2) is 51.7 Å². The molecule has 0 radical (unpaired) electrons. The van der Waals surface area contributed by atoms with Crippen molar-refractivity contribution < 1.29 is 9.59 Å². The van der Waals surface area contributed by atoms with Crippen molar-refractivity contribution in [2.45, 2.75) is 50.7 Å². The number of amides is 2. The van der Waals surface area contributed by atoms with Gasteiger partial charge in [-0.3, -0.25) is 19.0 Å². The van der Waals surface area contributed by atoms with Gasteiger partial charge in [0.2, 0.25) is 11.8 Å². The zero-order chi connectivity index (χ0) is 20.8. The number of nitrogens with zero attached hydrogens (tertiary/aromatic N) is 3. The molecule has 29 heavy (non-hydrogen) atoms. The van der Waals surface area contributed by atoms with Gasteiger partial charge in [0, 0.05) is 19.1 Å². The number of fused-ring (bicyclic) bond motifs is 1. The van der Waals surface area contributed by atoms with Crippen LogP contribution in [0.4, 0.5) is 0 Å². The lowest BCUT2D eigenvalue weighted by molar-refractivity contribution is -0.133. The molecule has 3 rings (SSSR count). The van der Waals surface area contributed by atoms with Crippen LogP contribution in [0.5, 0.6) is 0 Å². The summed E-state index contributed by atoms with van der Waals surface area (Å²) in [4.78, 5) is 43.9. The van der Waals surface area contributed by atoms with Crippen LogP contribution in [-0.2, 0) is 9.59 Å². The summed E-state index contributed by atoms with van der Waals surface area (Å²) in [5, 5.41) is 3.91. The van der Waals surface area contributed by atoms with Crippen LogP contribution in [0.25, 0.3) is 10.9 Å². The van der Waals surface area contributed by atoms with Crippen molar-refractivity contribution in [3.05, 3.63) is 34.6 Å². The van der Waals surface area contributed by atoms with Gasteiger partial charge in [0.1, 0.15) is 0 Å². The first-order valence-corrected chi connectivity index (χ1v) is 11.2. The second kappa shape index (κ2) is 9.91. The van der Waals surface area contributed by atoms with Crippen LogP contribution in [0.1, 0.15) is 45.6 Å². The van der Waals surface area contributed by atoms with Crippen LogP contribution in [0, 0.1) is 0 Å². The summed E-state index contributed by atoms with van der Waals surface area (Å²) < 4.78 is 1.79. The zero-order valence-electron chi connectivity index (χ0n) is 17.0. The SMILES string of the molecule is CCNC(=O)CN(CC)C(=O)CSc1nc2ccccc2c(=O)n1C1CCCC1. The Kier molecular flexibility index (Phi) is 7.30.